The molecule has 0 radical (unpaired) electrons. The number of methoxy groups -OCH3 is 1. The van der Waals surface area contributed by atoms with Crippen LogP contribution in [0.25, 0.3) is 0 Å². The highest BCUT2D eigenvalue weighted by Crippen LogP contribution is 2.21. The summed E-state index contributed by atoms with van der Waals surface area (Å²) in [5.74, 6) is 0.381. The summed E-state index contributed by atoms with van der Waals surface area (Å²) in [5.41, 5.74) is 2.02. The van der Waals surface area contributed by atoms with Gasteiger partial charge in [-0.3, -0.25) is 9.59 Å². The van der Waals surface area contributed by atoms with E-state index < -0.39 is 0 Å². The van der Waals surface area contributed by atoms with Crippen molar-refractivity contribution in [3.63, 3.8) is 0 Å². The van der Waals surface area contributed by atoms with Crippen LogP contribution in [0.2, 0.25) is 0 Å². The van der Waals surface area contributed by atoms with Crippen molar-refractivity contribution in [3.05, 3.63) is 41.5 Å². The zero-order chi connectivity index (χ0) is 19.6. The van der Waals surface area contributed by atoms with Gasteiger partial charge in [-0.2, -0.15) is 0 Å². The lowest BCUT2D eigenvalue weighted by atomic mass is 9.97. The molecule has 0 unspecified atom stereocenters. The third kappa shape index (κ3) is 7.08. The maximum Gasteiger partial charge on any atom is 0.307 e. The summed E-state index contributed by atoms with van der Waals surface area (Å²) < 4.78 is 10.4. The van der Waals surface area contributed by atoms with E-state index in [2.05, 4.69) is 6.08 Å². The van der Waals surface area contributed by atoms with Gasteiger partial charge in [0.2, 0.25) is 0 Å². The van der Waals surface area contributed by atoms with Crippen molar-refractivity contribution in [1.82, 2.24) is 4.90 Å². The molecule has 0 aromatic heterocycles. The van der Waals surface area contributed by atoms with Gasteiger partial charge >= 0.3 is 5.97 Å². The second-order valence-corrected chi connectivity index (χ2v) is 7.17. The Morgan fingerprint density at radius 3 is 2.44 bits per heavy atom. The number of carbonyl (C=O) groups is 2. The summed E-state index contributed by atoms with van der Waals surface area (Å²) in [6.07, 6.45) is 8.16. The van der Waals surface area contributed by atoms with Crippen molar-refractivity contribution in [3.8, 4) is 5.75 Å². The molecule has 1 aromatic carbocycles. The number of ether oxygens (including phenoxy) is 2. The highest BCUT2D eigenvalue weighted by molar-refractivity contribution is 5.94. The van der Waals surface area contributed by atoms with E-state index in [0.717, 1.165) is 25.0 Å². The van der Waals surface area contributed by atoms with E-state index in [1.165, 1.54) is 25.5 Å². The van der Waals surface area contributed by atoms with Crippen molar-refractivity contribution in [2.24, 2.45) is 0 Å². The van der Waals surface area contributed by atoms with Gasteiger partial charge in [-0.05, 0) is 70.2 Å². The number of carbonyl (C=O) groups excluding carboxylic acids is 2. The molecule has 0 fully saturated rings. The summed E-state index contributed by atoms with van der Waals surface area (Å²) in [6.45, 7) is 4.91. The third-order valence-electron chi connectivity index (χ3n) is 4.66. The number of allylic oxidation sites excluding steroid dienone is 1. The molecule has 0 aliphatic heterocycles. The SMILES string of the molecule is COC(=O)CCN(CCC1=CCCCC1)C(=O)c1ccc(OC(C)C)cc1. The van der Waals surface area contributed by atoms with Crippen molar-refractivity contribution in [2.75, 3.05) is 20.2 Å². The maximum absolute atomic E-state index is 13.0. The van der Waals surface area contributed by atoms with Gasteiger partial charge in [-0.15, -0.1) is 0 Å². The van der Waals surface area contributed by atoms with Crippen molar-refractivity contribution < 1.29 is 19.1 Å². The van der Waals surface area contributed by atoms with Crippen molar-refractivity contribution in [2.45, 2.75) is 58.5 Å². The van der Waals surface area contributed by atoms with Crippen LogP contribution in [0.4, 0.5) is 0 Å². The zero-order valence-electron chi connectivity index (χ0n) is 16.7. The van der Waals surface area contributed by atoms with Crippen LogP contribution in [0.5, 0.6) is 5.75 Å². The van der Waals surface area contributed by atoms with Gasteiger partial charge < -0.3 is 14.4 Å². The number of hydrogen-bond acceptors (Lipinski definition) is 4. The van der Waals surface area contributed by atoms with E-state index in [1.807, 2.05) is 26.0 Å². The van der Waals surface area contributed by atoms with Crippen LogP contribution in [0.3, 0.4) is 0 Å². The molecule has 1 amide bonds. The minimum absolute atomic E-state index is 0.0635. The number of esters is 1. The van der Waals surface area contributed by atoms with Crippen LogP contribution in [0.15, 0.2) is 35.9 Å². The Hall–Kier alpha value is -2.30. The molecule has 0 saturated carbocycles. The molecule has 0 saturated heterocycles. The highest BCUT2D eigenvalue weighted by Gasteiger charge is 2.18. The summed E-state index contributed by atoms with van der Waals surface area (Å²) in [6, 6.07) is 7.20. The lowest BCUT2D eigenvalue weighted by molar-refractivity contribution is -0.140. The van der Waals surface area contributed by atoms with Crippen LogP contribution in [-0.4, -0.2) is 43.1 Å². The molecule has 5 nitrogen and oxygen atoms in total. The molecular formula is C22H31NO4. The second-order valence-electron chi connectivity index (χ2n) is 7.17. The Morgan fingerprint density at radius 2 is 1.85 bits per heavy atom. The predicted octanol–water partition coefficient (Wildman–Crippen LogP) is 4.37. The highest BCUT2D eigenvalue weighted by atomic mass is 16.5. The summed E-state index contributed by atoms with van der Waals surface area (Å²) in [5, 5.41) is 0. The largest absolute Gasteiger partial charge is 0.491 e. The Morgan fingerprint density at radius 1 is 1.11 bits per heavy atom. The van der Waals surface area contributed by atoms with Crippen molar-refractivity contribution in [1.29, 1.82) is 0 Å². The lowest BCUT2D eigenvalue weighted by Gasteiger charge is -2.24. The summed E-state index contributed by atoms with van der Waals surface area (Å²) in [4.78, 5) is 26.3. The minimum Gasteiger partial charge on any atom is -0.491 e. The average Bonchev–Trinajstić information content (AvgIpc) is 2.68. The molecule has 0 bridgehead atoms. The maximum atomic E-state index is 13.0. The molecule has 0 heterocycles. The van der Waals surface area contributed by atoms with Crippen LogP contribution in [0.1, 0.15) is 62.7 Å². The Balaban J connectivity index is 2.04. The topological polar surface area (TPSA) is 55.8 Å². The van der Waals surface area contributed by atoms with Gasteiger partial charge in [0, 0.05) is 18.7 Å². The number of rotatable bonds is 9. The first-order valence-electron chi connectivity index (χ1n) is 9.80. The molecule has 1 aromatic rings. The molecule has 1 aliphatic carbocycles. The van der Waals surface area contributed by atoms with E-state index in [-0.39, 0.29) is 24.4 Å². The normalized spacial score (nSPS) is 13.9. The monoisotopic (exact) mass is 373 g/mol. The smallest absolute Gasteiger partial charge is 0.307 e. The number of hydrogen-bond donors (Lipinski definition) is 0. The van der Waals surface area contributed by atoms with Gasteiger partial charge in [0.15, 0.2) is 0 Å². The van der Waals surface area contributed by atoms with E-state index in [1.54, 1.807) is 17.0 Å². The first-order chi connectivity index (χ1) is 13.0. The van der Waals surface area contributed by atoms with Gasteiger partial charge in [-0.1, -0.05) is 11.6 Å². The van der Waals surface area contributed by atoms with Crippen LogP contribution < -0.4 is 4.74 Å². The molecule has 27 heavy (non-hydrogen) atoms. The first kappa shape index (κ1) is 21.0. The molecule has 2 rings (SSSR count). The fraction of sp³-hybridized carbons (Fsp3) is 0.545. The van der Waals surface area contributed by atoms with E-state index in [0.29, 0.717) is 18.7 Å². The van der Waals surface area contributed by atoms with Gasteiger partial charge in [-0.25, -0.2) is 0 Å². The number of amides is 1. The summed E-state index contributed by atoms with van der Waals surface area (Å²) >= 11 is 0. The van der Waals surface area contributed by atoms with E-state index in [4.69, 9.17) is 9.47 Å². The van der Waals surface area contributed by atoms with E-state index >= 15 is 0 Å². The molecule has 1 aliphatic rings. The molecule has 0 spiro atoms. The van der Waals surface area contributed by atoms with Gasteiger partial charge in [0.25, 0.3) is 5.91 Å². The van der Waals surface area contributed by atoms with Crippen LogP contribution >= 0.6 is 0 Å². The number of benzene rings is 1. The molecule has 148 valence electrons. The zero-order valence-corrected chi connectivity index (χ0v) is 16.7. The standard InChI is InChI=1S/C22H31NO4/c1-17(2)27-20-11-9-19(10-12-20)22(25)23(16-14-21(24)26-3)15-13-18-7-5-4-6-8-18/h7,9-12,17H,4-6,8,13-16H2,1-3H3. The number of nitrogens with zero attached hydrogens (tertiary/aromatic N) is 1. The molecule has 0 atom stereocenters. The first-order valence-corrected chi connectivity index (χ1v) is 9.80. The van der Waals surface area contributed by atoms with Crippen molar-refractivity contribution >= 4 is 11.9 Å². The van der Waals surface area contributed by atoms with E-state index in [9.17, 15) is 9.59 Å². The Kier molecular flexibility index (Phi) is 8.37. The van der Waals surface area contributed by atoms with Gasteiger partial charge in [0.1, 0.15) is 5.75 Å². The molecule has 0 N–H and O–H groups in total. The lowest BCUT2D eigenvalue weighted by Crippen LogP contribution is -2.34. The molecule has 5 heteroatoms. The predicted molar refractivity (Wildman–Crippen MR) is 106 cm³/mol. The van der Waals surface area contributed by atoms with Crippen LogP contribution in [0, 0.1) is 0 Å². The third-order valence-corrected chi connectivity index (χ3v) is 4.66. The quantitative estimate of drug-likeness (QED) is 0.476. The minimum atomic E-state index is -0.301. The van der Waals surface area contributed by atoms with Gasteiger partial charge in [0.05, 0.1) is 19.6 Å². The average molecular weight is 373 g/mol. The van der Waals surface area contributed by atoms with Crippen LogP contribution in [-0.2, 0) is 9.53 Å². The fourth-order valence-electron chi connectivity index (χ4n) is 3.18. The fourth-order valence-corrected chi connectivity index (χ4v) is 3.18. The summed E-state index contributed by atoms with van der Waals surface area (Å²) in [7, 11) is 1.37. The Bertz CT molecular complexity index is 649. The Labute approximate surface area is 162 Å². The molecular weight excluding hydrogens is 342 g/mol. The second kappa shape index (κ2) is 10.8.